The number of benzene rings is 1. The minimum absolute atomic E-state index is 0.0583. The molecule has 0 heterocycles. The molecule has 0 aliphatic carbocycles. The van der Waals surface area contributed by atoms with Crippen LogP contribution in [-0.2, 0) is 12.6 Å². The van der Waals surface area contributed by atoms with Crippen LogP contribution in [0.3, 0.4) is 0 Å². The summed E-state index contributed by atoms with van der Waals surface area (Å²) in [5.74, 6) is -0.0135. The largest absolute Gasteiger partial charge is 0.416 e. The van der Waals surface area contributed by atoms with E-state index >= 15 is 0 Å². The number of halogens is 3. The van der Waals surface area contributed by atoms with Gasteiger partial charge in [-0.25, -0.2) is 4.99 Å². The summed E-state index contributed by atoms with van der Waals surface area (Å²) in [7, 11) is 0. The fourth-order valence-electron chi connectivity index (χ4n) is 2.45. The summed E-state index contributed by atoms with van der Waals surface area (Å²) in [6.07, 6.45) is -0.856. The highest BCUT2D eigenvalue weighted by atomic mass is 19.4. The van der Waals surface area contributed by atoms with E-state index in [1.807, 2.05) is 0 Å². The van der Waals surface area contributed by atoms with Crippen LogP contribution < -0.4 is 22.9 Å². The van der Waals surface area contributed by atoms with E-state index in [1.54, 1.807) is 6.07 Å². The molecule has 0 aliphatic rings. The molecule has 0 fully saturated rings. The summed E-state index contributed by atoms with van der Waals surface area (Å²) < 4.78 is 38.4. The van der Waals surface area contributed by atoms with Crippen molar-refractivity contribution >= 4 is 11.9 Å². The van der Waals surface area contributed by atoms with Crippen molar-refractivity contribution in [2.24, 2.45) is 32.9 Å². The van der Waals surface area contributed by atoms with Crippen molar-refractivity contribution in [3.63, 3.8) is 0 Å². The SMILES string of the molecule is NC(N)=NCCCCCC(Cc1cccc(C(F)(F)F)c1)N=C(N)N. The number of guanidine groups is 2. The van der Waals surface area contributed by atoms with Crippen LogP contribution in [0.2, 0.25) is 0 Å². The molecule has 9 heteroatoms. The van der Waals surface area contributed by atoms with E-state index in [0.717, 1.165) is 31.4 Å². The number of hydrogen-bond acceptors (Lipinski definition) is 2. The predicted molar refractivity (Wildman–Crippen MR) is 93.9 cm³/mol. The Morgan fingerprint density at radius 3 is 2.32 bits per heavy atom. The fourth-order valence-corrected chi connectivity index (χ4v) is 2.45. The molecule has 0 saturated heterocycles. The Kier molecular flexibility index (Phi) is 8.03. The standard InChI is InChI=1S/C16H25F3N6/c17-16(18,19)12-6-4-5-11(9-12)10-13(25-15(22)23)7-2-1-3-8-24-14(20)21/h4-6,9,13H,1-3,7-8,10H2,(H4,20,21,24)(H4,22,23,25). The molecule has 0 aliphatic heterocycles. The third-order valence-corrected chi connectivity index (χ3v) is 3.55. The van der Waals surface area contributed by atoms with E-state index in [-0.39, 0.29) is 18.0 Å². The topological polar surface area (TPSA) is 129 Å². The van der Waals surface area contributed by atoms with E-state index in [4.69, 9.17) is 22.9 Å². The summed E-state index contributed by atoms with van der Waals surface area (Å²) in [4.78, 5) is 8.02. The van der Waals surface area contributed by atoms with Gasteiger partial charge in [-0.05, 0) is 30.9 Å². The highest BCUT2D eigenvalue weighted by molar-refractivity contribution is 5.76. The van der Waals surface area contributed by atoms with Crippen LogP contribution in [0, 0.1) is 0 Å². The monoisotopic (exact) mass is 358 g/mol. The fraction of sp³-hybridized carbons (Fsp3) is 0.500. The van der Waals surface area contributed by atoms with Gasteiger partial charge in [0.15, 0.2) is 11.9 Å². The molecule has 0 aromatic heterocycles. The lowest BCUT2D eigenvalue weighted by atomic mass is 9.99. The Bertz CT molecular complexity index is 590. The van der Waals surface area contributed by atoms with E-state index in [0.29, 0.717) is 24.9 Å². The molecule has 140 valence electrons. The van der Waals surface area contributed by atoms with Crippen molar-refractivity contribution in [2.45, 2.75) is 44.3 Å². The Hall–Kier alpha value is -2.45. The minimum Gasteiger partial charge on any atom is -0.370 e. The van der Waals surface area contributed by atoms with Crippen LogP contribution in [0.1, 0.15) is 36.8 Å². The predicted octanol–water partition coefficient (Wildman–Crippen LogP) is 1.72. The zero-order chi connectivity index (χ0) is 18.9. The molecule has 0 amide bonds. The lowest BCUT2D eigenvalue weighted by Crippen LogP contribution is -2.26. The molecule has 1 aromatic carbocycles. The lowest BCUT2D eigenvalue weighted by molar-refractivity contribution is -0.137. The Morgan fingerprint density at radius 1 is 1.00 bits per heavy atom. The van der Waals surface area contributed by atoms with Crippen LogP contribution in [0.25, 0.3) is 0 Å². The first kappa shape index (κ1) is 20.6. The van der Waals surface area contributed by atoms with Crippen molar-refractivity contribution < 1.29 is 13.2 Å². The number of alkyl halides is 3. The van der Waals surface area contributed by atoms with Crippen LogP contribution in [0.15, 0.2) is 34.3 Å². The van der Waals surface area contributed by atoms with Crippen molar-refractivity contribution in [1.29, 1.82) is 0 Å². The average Bonchev–Trinajstić information content (AvgIpc) is 2.49. The first-order valence-corrected chi connectivity index (χ1v) is 7.98. The first-order valence-electron chi connectivity index (χ1n) is 7.98. The molecular weight excluding hydrogens is 333 g/mol. The number of aliphatic imine (C=N–C) groups is 2. The summed E-state index contributed by atoms with van der Waals surface area (Å²) in [6, 6.07) is 4.94. The first-order chi connectivity index (χ1) is 11.7. The molecule has 25 heavy (non-hydrogen) atoms. The number of rotatable bonds is 9. The van der Waals surface area contributed by atoms with Crippen molar-refractivity contribution in [1.82, 2.24) is 0 Å². The van der Waals surface area contributed by atoms with Gasteiger partial charge in [0.25, 0.3) is 0 Å². The molecule has 1 aromatic rings. The summed E-state index contributed by atoms with van der Waals surface area (Å²) in [6.45, 7) is 0.545. The Balaban J connectivity index is 2.62. The van der Waals surface area contributed by atoms with Gasteiger partial charge in [-0.1, -0.05) is 31.0 Å². The highest BCUT2D eigenvalue weighted by Crippen LogP contribution is 2.30. The highest BCUT2D eigenvalue weighted by Gasteiger charge is 2.30. The van der Waals surface area contributed by atoms with E-state index in [1.165, 1.54) is 6.07 Å². The lowest BCUT2D eigenvalue weighted by Gasteiger charge is -2.14. The van der Waals surface area contributed by atoms with Gasteiger partial charge in [0.05, 0.1) is 11.6 Å². The normalized spacial score (nSPS) is 12.4. The molecule has 1 rings (SSSR count). The minimum atomic E-state index is -4.37. The van der Waals surface area contributed by atoms with E-state index in [9.17, 15) is 13.2 Å². The van der Waals surface area contributed by atoms with Gasteiger partial charge in [-0.15, -0.1) is 0 Å². The zero-order valence-corrected chi connectivity index (χ0v) is 14.0. The van der Waals surface area contributed by atoms with Crippen LogP contribution in [0.4, 0.5) is 13.2 Å². The summed E-state index contributed by atoms with van der Waals surface area (Å²) in [5, 5.41) is 0. The quantitative estimate of drug-likeness (QED) is 0.304. The molecule has 0 radical (unpaired) electrons. The number of nitrogens with two attached hydrogens (primary N) is 4. The number of nitrogens with zero attached hydrogens (tertiary/aromatic N) is 2. The molecule has 0 bridgehead atoms. The van der Waals surface area contributed by atoms with Gasteiger partial charge in [0.2, 0.25) is 0 Å². The zero-order valence-electron chi connectivity index (χ0n) is 14.0. The second kappa shape index (κ2) is 9.75. The van der Waals surface area contributed by atoms with Crippen molar-refractivity contribution in [3.05, 3.63) is 35.4 Å². The maximum atomic E-state index is 12.8. The van der Waals surface area contributed by atoms with Crippen molar-refractivity contribution in [2.75, 3.05) is 6.54 Å². The Labute approximate surface area is 145 Å². The third kappa shape index (κ3) is 8.83. The second-order valence-electron chi connectivity index (χ2n) is 5.77. The molecule has 6 nitrogen and oxygen atoms in total. The van der Waals surface area contributed by atoms with Gasteiger partial charge in [0, 0.05) is 6.54 Å². The molecule has 0 spiro atoms. The number of hydrogen-bond donors (Lipinski definition) is 4. The molecular formula is C16H25F3N6. The van der Waals surface area contributed by atoms with Crippen LogP contribution >= 0.6 is 0 Å². The van der Waals surface area contributed by atoms with Crippen LogP contribution in [-0.4, -0.2) is 24.5 Å². The summed E-state index contributed by atoms with van der Waals surface area (Å²) >= 11 is 0. The van der Waals surface area contributed by atoms with Crippen LogP contribution in [0.5, 0.6) is 0 Å². The van der Waals surface area contributed by atoms with Gasteiger partial charge >= 0.3 is 6.18 Å². The van der Waals surface area contributed by atoms with E-state index < -0.39 is 11.7 Å². The molecule has 8 N–H and O–H groups in total. The van der Waals surface area contributed by atoms with Gasteiger partial charge < -0.3 is 22.9 Å². The average molecular weight is 358 g/mol. The smallest absolute Gasteiger partial charge is 0.370 e. The second-order valence-corrected chi connectivity index (χ2v) is 5.77. The van der Waals surface area contributed by atoms with E-state index in [2.05, 4.69) is 9.98 Å². The molecule has 1 unspecified atom stereocenters. The Morgan fingerprint density at radius 2 is 1.72 bits per heavy atom. The number of unbranched alkanes of at least 4 members (excludes halogenated alkanes) is 2. The molecule has 1 atom stereocenters. The maximum Gasteiger partial charge on any atom is 0.416 e. The molecule has 0 saturated carbocycles. The maximum absolute atomic E-state index is 12.8. The van der Waals surface area contributed by atoms with Gasteiger partial charge in [-0.3, -0.25) is 4.99 Å². The summed E-state index contributed by atoms with van der Waals surface area (Å²) in [5.41, 5.74) is 21.2. The van der Waals surface area contributed by atoms with Gasteiger partial charge in [-0.2, -0.15) is 13.2 Å². The van der Waals surface area contributed by atoms with Crippen molar-refractivity contribution in [3.8, 4) is 0 Å². The third-order valence-electron chi connectivity index (χ3n) is 3.55. The van der Waals surface area contributed by atoms with Gasteiger partial charge in [0.1, 0.15) is 0 Å².